The maximum absolute atomic E-state index is 13.1. The van der Waals surface area contributed by atoms with Crippen LogP contribution in [0.2, 0.25) is 0 Å². The van der Waals surface area contributed by atoms with E-state index >= 15 is 0 Å². The highest BCUT2D eigenvalue weighted by Gasteiger charge is 2.47. The molecule has 7 nitrogen and oxygen atoms in total. The van der Waals surface area contributed by atoms with Crippen molar-refractivity contribution in [2.24, 2.45) is 13.0 Å². The van der Waals surface area contributed by atoms with E-state index < -0.39 is 5.60 Å². The van der Waals surface area contributed by atoms with Crippen molar-refractivity contribution < 1.29 is 9.53 Å². The molecule has 0 spiro atoms. The molecule has 2 bridgehead atoms. The number of carbonyl (C=O) groups is 1. The molecule has 0 radical (unpaired) electrons. The summed E-state index contributed by atoms with van der Waals surface area (Å²) in [6.07, 6.45) is 6.40. The summed E-state index contributed by atoms with van der Waals surface area (Å²) >= 11 is 0. The fraction of sp³-hybridized carbons (Fsp3) is 0.619. The van der Waals surface area contributed by atoms with Crippen LogP contribution >= 0.6 is 0 Å². The van der Waals surface area contributed by atoms with Gasteiger partial charge in [0.15, 0.2) is 0 Å². The summed E-state index contributed by atoms with van der Waals surface area (Å²) in [7, 11) is 1.91. The summed E-state index contributed by atoms with van der Waals surface area (Å²) in [5.74, 6) is 1.04. The Morgan fingerprint density at radius 2 is 2.00 bits per heavy atom. The summed E-state index contributed by atoms with van der Waals surface area (Å²) in [5.41, 5.74) is 3.56. The molecule has 0 aliphatic carbocycles. The lowest BCUT2D eigenvalue weighted by Gasteiger charge is -2.49. The van der Waals surface area contributed by atoms with Gasteiger partial charge in [-0.1, -0.05) is 6.92 Å². The van der Waals surface area contributed by atoms with Crippen LogP contribution in [0.15, 0.2) is 12.4 Å². The Bertz CT molecular complexity index is 914. The Morgan fingerprint density at radius 3 is 2.64 bits per heavy atom. The molecule has 0 saturated carbocycles. The first kappa shape index (κ1) is 18.9. The van der Waals surface area contributed by atoms with Crippen LogP contribution in [0.5, 0.6) is 0 Å². The third-order valence-electron chi connectivity index (χ3n) is 5.64. The Morgan fingerprint density at radius 1 is 1.25 bits per heavy atom. The topological polar surface area (TPSA) is 73.1 Å². The summed E-state index contributed by atoms with van der Waals surface area (Å²) in [6, 6.07) is 0.0414. The highest BCUT2D eigenvalue weighted by Crippen LogP contribution is 2.46. The van der Waals surface area contributed by atoms with Gasteiger partial charge in [-0.3, -0.25) is 9.58 Å². The van der Waals surface area contributed by atoms with Gasteiger partial charge in [-0.05, 0) is 52.9 Å². The molecular formula is C21H29N5O2. The van der Waals surface area contributed by atoms with E-state index in [1.165, 1.54) is 0 Å². The van der Waals surface area contributed by atoms with Crippen molar-refractivity contribution in [2.45, 2.75) is 71.6 Å². The SMILES string of the molecule is Cc1nc(-c2cnn(C)c2)c2c(n1)[C@H]1[C@H](C)CC[C@@H](C2)N1C(=O)OC(C)(C)C. The third kappa shape index (κ3) is 3.27. The molecule has 7 heteroatoms. The van der Waals surface area contributed by atoms with Crippen molar-refractivity contribution in [2.75, 3.05) is 0 Å². The molecular weight excluding hydrogens is 354 g/mol. The monoisotopic (exact) mass is 383 g/mol. The average Bonchev–Trinajstić information content (AvgIpc) is 3.02. The van der Waals surface area contributed by atoms with E-state index in [-0.39, 0.29) is 18.2 Å². The number of fused-ring (bicyclic) bond motifs is 4. The number of amides is 1. The van der Waals surface area contributed by atoms with Gasteiger partial charge >= 0.3 is 6.09 Å². The van der Waals surface area contributed by atoms with Crippen LogP contribution in [0.3, 0.4) is 0 Å². The van der Waals surface area contributed by atoms with Gasteiger partial charge < -0.3 is 4.74 Å². The van der Waals surface area contributed by atoms with E-state index in [4.69, 9.17) is 14.7 Å². The predicted octanol–water partition coefficient (Wildman–Crippen LogP) is 3.82. The van der Waals surface area contributed by atoms with Gasteiger partial charge in [-0.25, -0.2) is 14.8 Å². The molecule has 28 heavy (non-hydrogen) atoms. The van der Waals surface area contributed by atoms with Crippen LogP contribution < -0.4 is 0 Å². The highest BCUT2D eigenvalue weighted by molar-refractivity contribution is 5.72. The average molecular weight is 383 g/mol. The minimum absolute atomic E-state index is 0.0746. The van der Waals surface area contributed by atoms with Gasteiger partial charge in [0.1, 0.15) is 11.4 Å². The van der Waals surface area contributed by atoms with Crippen molar-refractivity contribution in [1.82, 2.24) is 24.6 Å². The first-order chi connectivity index (χ1) is 13.1. The molecule has 1 saturated heterocycles. The van der Waals surface area contributed by atoms with Gasteiger partial charge in [0, 0.05) is 30.4 Å². The first-order valence-electron chi connectivity index (χ1n) is 10.0. The van der Waals surface area contributed by atoms with Crippen molar-refractivity contribution in [1.29, 1.82) is 0 Å². The number of aromatic nitrogens is 4. The highest BCUT2D eigenvalue weighted by atomic mass is 16.6. The normalized spacial score (nSPS) is 24.1. The fourth-order valence-electron chi connectivity index (χ4n) is 4.51. The Balaban J connectivity index is 1.82. The lowest BCUT2D eigenvalue weighted by atomic mass is 9.76. The summed E-state index contributed by atoms with van der Waals surface area (Å²) in [5, 5.41) is 4.31. The second kappa shape index (κ2) is 6.57. The van der Waals surface area contributed by atoms with E-state index in [2.05, 4.69) is 12.0 Å². The third-order valence-corrected chi connectivity index (χ3v) is 5.64. The molecule has 0 unspecified atom stereocenters. The van der Waals surface area contributed by atoms with E-state index in [0.29, 0.717) is 5.92 Å². The second-order valence-corrected chi connectivity index (χ2v) is 9.13. The second-order valence-electron chi connectivity index (χ2n) is 9.13. The van der Waals surface area contributed by atoms with Crippen molar-refractivity contribution in [3.8, 4) is 11.3 Å². The molecule has 0 N–H and O–H groups in total. The smallest absolute Gasteiger partial charge is 0.411 e. The molecule has 2 aromatic heterocycles. The van der Waals surface area contributed by atoms with Crippen molar-refractivity contribution in [3.63, 3.8) is 0 Å². The van der Waals surface area contributed by atoms with E-state index in [0.717, 1.165) is 47.6 Å². The zero-order valence-electron chi connectivity index (χ0n) is 17.6. The first-order valence-corrected chi connectivity index (χ1v) is 10.0. The van der Waals surface area contributed by atoms with Gasteiger partial charge in [-0.15, -0.1) is 0 Å². The van der Waals surface area contributed by atoms with Crippen LogP contribution in [0.25, 0.3) is 11.3 Å². The zero-order chi connectivity index (χ0) is 20.2. The van der Waals surface area contributed by atoms with Crippen molar-refractivity contribution in [3.05, 3.63) is 29.5 Å². The van der Waals surface area contributed by atoms with E-state index in [1.807, 2.05) is 52.0 Å². The lowest BCUT2D eigenvalue weighted by Crippen LogP contribution is -2.54. The molecule has 4 heterocycles. The molecule has 0 aromatic carbocycles. The molecule has 1 amide bonds. The standard InChI is InChI=1S/C21H29N5O2/c1-12-7-8-15-9-16-17(14-10-22-25(6)11-14)23-13(2)24-18(16)19(12)26(15)20(27)28-21(3,4)5/h10-12,15,19H,7-9H2,1-6H3/t12-,15+,19-/m1/s1. The Hall–Kier alpha value is -2.44. The number of nitrogens with zero attached hydrogens (tertiary/aromatic N) is 5. The Kier molecular flexibility index (Phi) is 4.43. The maximum Gasteiger partial charge on any atom is 0.411 e. The summed E-state index contributed by atoms with van der Waals surface area (Å²) < 4.78 is 7.55. The summed E-state index contributed by atoms with van der Waals surface area (Å²) in [6.45, 7) is 9.85. The van der Waals surface area contributed by atoms with Crippen molar-refractivity contribution >= 4 is 6.09 Å². The number of carbonyl (C=O) groups excluding carboxylic acids is 1. The number of ether oxygens (including phenoxy) is 1. The van der Waals surface area contributed by atoms with Crippen LogP contribution in [-0.4, -0.2) is 42.4 Å². The maximum atomic E-state index is 13.1. The molecule has 4 rings (SSSR count). The molecule has 3 atom stereocenters. The van der Waals surface area contributed by atoms with Gasteiger partial charge in [0.05, 0.1) is 23.6 Å². The number of piperidine rings is 1. The minimum atomic E-state index is -0.517. The molecule has 2 aromatic rings. The van der Waals surface area contributed by atoms with E-state index in [1.54, 1.807) is 4.68 Å². The van der Waals surface area contributed by atoms with Gasteiger partial charge in [0.2, 0.25) is 0 Å². The van der Waals surface area contributed by atoms with Gasteiger partial charge in [-0.2, -0.15) is 5.10 Å². The van der Waals surface area contributed by atoms with Gasteiger partial charge in [0.25, 0.3) is 0 Å². The largest absolute Gasteiger partial charge is 0.444 e. The molecule has 1 fully saturated rings. The number of rotatable bonds is 1. The predicted molar refractivity (Wildman–Crippen MR) is 106 cm³/mol. The fourth-order valence-corrected chi connectivity index (χ4v) is 4.51. The summed E-state index contributed by atoms with van der Waals surface area (Å²) in [4.78, 5) is 24.6. The number of hydrogen-bond donors (Lipinski definition) is 0. The van der Waals surface area contributed by atoms with Crippen LogP contribution in [-0.2, 0) is 18.2 Å². The molecule has 150 valence electrons. The Labute approximate surface area is 166 Å². The number of aryl methyl sites for hydroxylation is 2. The lowest BCUT2D eigenvalue weighted by molar-refractivity contribution is -0.0227. The quantitative estimate of drug-likeness (QED) is 0.748. The van der Waals surface area contributed by atoms with E-state index in [9.17, 15) is 4.79 Å². The van der Waals surface area contributed by atoms with Crippen LogP contribution in [0, 0.1) is 12.8 Å². The zero-order valence-corrected chi connectivity index (χ0v) is 17.6. The minimum Gasteiger partial charge on any atom is -0.444 e. The molecule has 2 aliphatic rings. The molecule has 2 aliphatic heterocycles. The number of hydrogen-bond acceptors (Lipinski definition) is 5. The van der Waals surface area contributed by atoms with Crippen LogP contribution in [0.4, 0.5) is 4.79 Å². The van der Waals surface area contributed by atoms with Crippen LogP contribution in [0.1, 0.15) is 63.7 Å².